The molecule has 0 N–H and O–H groups in total. The van der Waals surface area contributed by atoms with E-state index < -0.39 is 5.97 Å². The summed E-state index contributed by atoms with van der Waals surface area (Å²) in [5.41, 5.74) is 1.63. The maximum Gasteiger partial charge on any atom is 0.308 e. The third-order valence-electron chi connectivity index (χ3n) is 2.63. The first-order chi connectivity index (χ1) is 10.1. The number of hydrogen-bond donors (Lipinski definition) is 0. The van der Waals surface area contributed by atoms with Crippen molar-refractivity contribution < 1.29 is 14.3 Å². The lowest BCUT2D eigenvalue weighted by molar-refractivity contribution is -0.132. The van der Waals surface area contributed by atoms with Crippen LogP contribution in [0, 0.1) is 0 Å². The molecule has 0 fully saturated rings. The Hall–Kier alpha value is -2.33. The molecule has 2 aromatic rings. The van der Waals surface area contributed by atoms with Crippen LogP contribution in [0.25, 0.3) is 0 Å². The zero-order chi connectivity index (χ0) is 15.2. The number of nitrogens with zero attached hydrogens (tertiary/aromatic N) is 1. The van der Waals surface area contributed by atoms with Crippen molar-refractivity contribution in [1.82, 2.24) is 0 Å². The minimum absolute atomic E-state index is 0.383. The summed E-state index contributed by atoms with van der Waals surface area (Å²) in [7, 11) is 1.52. The first-order valence-corrected chi connectivity index (χ1v) is 6.62. The molecule has 0 aliphatic heterocycles. The van der Waals surface area contributed by atoms with E-state index in [1.165, 1.54) is 14.0 Å². The van der Waals surface area contributed by atoms with Gasteiger partial charge in [0.15, 0.2) is 11.5 Å². The highest BCUT2D eigenvalue weighted by molar-refractivity contribution is 6.30. The molecule has 2 rings (SSSR count). The molecule has 0 radical (unpaired) electrons. The number of ether oxygens (including phenoxy) is 2. The molecule has 0 saturated heterocycles. The molecule has 0 saturated carbocycles. The summed E-state index contributed by atoms with van der Waals surface area (Å²) in [5, 5.41) is 0.668. The highest BCUT2D eigenvalue weighted by Crippen LogP contribution is 2.28. The number of aliphatic imine (C=N–C) groups is 1. The molecule has 0 aliphatic carbocycles. The van der Waals surface area contributed by atoms with Crippen molar-refractivity contribution in [3.8, 4) is 11.5 Å². The number of carbonyl (C=O) groups is 1. The van der Waals surface area contributed by atoms with E-state index in [1.807, 2.05) is 12.1 Å². The molecule has 4 nitrogen and oxygen atoms in total. The van der Waals surface area contributed by atoms with Crippen LogP contribution in [0.2, 0.25) is 5.02 Å². The van der Waals surface area contributed by atoms with Gasteiger partial charge in [-0.05, 0) is 48.0 Å². The van der Waals surface area contributed by atoms with E-state index >= 15 is 0 Å². The molecule has 0 unspecified atom stereocenters. The van der Waals surface area contributed by atoms with Gasteiger partial charge in [0.1, 0.15) is 0 Å². The molecular weight excluding hydrogens is 290 g/mol. The summed E-state index contributed by atoms with van der Waals surface area (Å²) < 4.78 is 10.2. The zero-order valence-electron chi connectivity index (χ0n) is 11.7. The Morgan fingerprint density at radius 2 is 1.86 bits per heavy atom. The van der Waals surface area contributed by atoms with Crippen molar-refractivity contribution >= 4 is 29.5 Å². The zero-order valence-corrected chi connectivity index (χ0v) is 12.4. The number of hydrogen-bond acceptors (Lipinski definition) is 4. The van der Waals surface area contributed by atoms with Gasteiger partial charge in [0, 0.05) is 18.2 Å². The SMILES string of the molecule is COc1cc(C=Nc2ccc(Cl)cc2)ccc1OC(C)=O. The molecular formula is C16H14ClNO3. The van der Waals surface area contributed by atoms with Crippen molar-refractivity contribution in [2.45, 2.75) is 6.92 Å². The van der Waals surface area contributed by atoms with Crippen LogP contribution in [-0.2, 0) is 4.79 Å². The standard InChI is InChI=1S/C16H14ClNO3/c1-11(19)21-15-8-3-12(9-16(15)20-2)10-18-14-6-4-13(17)5-7-14/h3-10H,1-2H3. The van der Waals surface area contributed by atoms with Crippen LogP contribution in [0.4, 0.5) is 5.69 Å². The van der Waals surface area contributed by atoms with E-state index in [4.69, 9.17) is 21.1 Å². The van der Waals surface area contributed by atoms with E-state index in [0.717, 1.165) is 11.3 Å². The van der Waals surface area contributed by atoms with E-state index in [2.05, 4.69) is 4.99 Å². The van der Waals surface area contributed by atoms with Gasteiger partial charge in [-0.15, -0.1) is 0 Å². The molecule has 0 aliphatic rings. The molecule has 0 aromatic heterocycles. The van der Waals surface area contributed by atoms with Crippen molar-refractivity contribution in [2.24, 2.45) is 4.99 Å². The van der Waals surface area contributed by atoms with Gasteiger partial charge in [-0.1, -0.05) is 11.6 Å². The lowest BCUT2D eigenvalue weighted by Crippen LogP contribution is -2.03. The fraction of sp³-hybridized carbons (Fsp3) is 0.125. The van der Waals surface area contributed by atoms with Crippen LogP contribution >= 0.6 is 11.6 Å². The van der Waals surface area contributed by atoms with Gasteiger partial charge in [0.2, 0.25) is 0 Å². The molecule has 0 amide bonds. The summed E-state index contributed by atoms with van der Waals surface area (Å²) in [6.45, 7) is 1.34. The minimum Gasteiger partial charge on any atom is -0.493 e. The minimum atomic E-state index is -0.393. The fourth-order valence-corrected chi connectivity index (χ4v) is 1.81. The number of benzene rings is 2. The van der Waals surface area contributed by atoms with E-state index in [0.29, 0.717) is 16.5 Å². The fourth-order valence-electron chi connectivity index (χ4n) is 1.68. The van der Waals surface area contributed by atoms with E-state index in [-0.39, 0.29) is 0 Å². The summed E-state index contributed by atoms with van der Waals surface area (Å²) >= 11 is 5.82. The monoisotopic (exact) mass is 303 g/mol. The molecule has 0 spiro atoms. The second-order valence-electron chi connectivity index (χ2n) is 4.24. The van der Waals surface area contributed by atoms with Gasteiger partial charge >= 0.3 is 5.97 Å². The van der Waals surface area contributed by atoms with Gasteiger partial charge in [-0.3, -0.25) is 9.79 Å². The summed E-state index contributed by atoms with van der Waals surface area (Å²) in [4.78, 5) is 15.3. The highest BCUT2D eigenvalue weighted by Gasteiger charge is 2.07. The summed E-state index contributed by atoms with van der Waals surface area (Å²) in [6.07, 6.45) is 1.70. The third-order valence-corrected chi connectivity index (χ3v) is 2.88. The third kappa shape index (κ3) is 4.33. The van der Waals surface area contributed by atoms with E-state index in [9.17, 15) is 4.79 Å². The molecule has 5 heteroatoms. The first-order valence-electron chi connectivity index (χ1n) is 6.24. The smallest absolute Gasteiger partial charge is 0.308 e. The number of esters is 1. The summed E-state index contributed by atoms with van der Waals surface area (Å²) in [6, 6.07) is 12.4. The lowest BCUT2D eigenvalue weighted by atomic mass is 10.2. The first kappa shape index (κ1) is 15.1. The average molecular weight is 304 g/mol. The van der Waals surface area contributed by atoms with Crippen LogP contribution in [-0.4, -0.2) is 19.3 Å². The van der Waals surface area contributed by atoms with Crippen LogP contribution in [0.1, 0.15) is 12.5 Å². The van der Waals surface area contributed by atoms with Crippen molar-refractivity contribution in [1.29, 1.82) is 0 Å². The Kier molecular flexibility index (Phi) is 4.95. The predicted octanol–water partition coefficient (Wildman–Crippen LogP) is 4.02. The Labute approximate surface area is 128 Å². The highest BCUT2D eigenvalue weighted by atomic mass is 35.5. The van der Waals surface area contributed by atoms with Gasteiger partial charge < -0.3 is 9.47 Å². The average Bonchev–Trinajstić information content (AvgIpc) is 2.47. The second-order valence-corrected chi connectivity index (χ2v) is 4.67. The number of carbonyl (C=O) groups excluding carboxylic acids is 1. The molecule has 108 valence electrons. The van der Waals surface area contributed by atoms with E-state index in [1.54, 1.807) is 36.5 Å². The summed E-state index contributed by atoms with van der Waals surface area (Å²) in [5.74, 6) is 0.467. The van der Waals surface area contributed by atoms with Crippen molar-refractivity contribution in [3.63, 3.8) is 0 Å². The molecule has 21 heavy (non-hydrogen) atoms. The van der Waals surface area contributed by atoms with Crippen molar-refractivity contribution in [2.75, 3.05) is 7.11 Å². The van der Waals surface area contributed by atoms with Crippen LogP contribution in [0.3, 0.4) is 0 Å². The van der Waals surface area contributed by atoms with Gasteiger partial charge in [-0.2, -0.15) is 0 Å². The number of halogens is 1. The van der Waals surface area contributed by atoms with Gasteiger partial charge in [0.05, 0.1) is 12.8 Å². The van der Waals surface area contributed by atoms with Gasteiger partial charge in [0.25, 0.3) is 0 Å². The Balaban J connectivity index is 2.20. The largest absolute Gasteiger partial charge is 0.493 e. The van der Waals surface area contributed by atoms with Crippen LogP contribution in [0.5, 0.6) is 11.5 Å². The quantitative estimate of drug-likeness (QED) is 0.487. The number of methoxy groups -OCH3 is 1. The topological polar surface area (TPSA) is 47.9 Å². The van der Waals surface area contributed by atoms with Gasteiger partial charge in [-0.25, -0.2) is 0 Å². The molecule has 0 heterocycles. The number of rotatable bonds is 4. The molecule has 0 bridgehead atoms. The Morgan fingerprint density at radius 3 is 2.48 bits per heavy atom. The van der Waals surface area contributed by atoms with Crippen LogP contribution in [0.15, 0.2) is 47.5 Å². The second kappa shape index (κ2) is 6.90. The molecule has 0 atom stereocenters. The Morgan fingerprint density at radius 1 is 1.14 bits per heavy atom. The van der Waals surface area contributed by atoms with Crippen LogP contribution < -0.4 is 9.47 Å². The maximum atomic E-state index is 11.0. The predicted molar refractivity (Wildman–Crippen MR) is 83.0 cm³/mol. The molecule has 2 aromatic carbocycles. The normalized spacial score (nSPS) is 10.6. The maximum absolute atomic E-state index is 11.0. The van der Waals surface area contributed by atoms with Crippen molar-refractivity contribution in [3.05, 3.63) is 53.1 Å². The lowest BCUT2D eigenvalue weighted by Gasteiger charge is -2.08. The Bertz CT molecular complexity index is 666.